The summed E-state index contributed by atoms with van der Waals surface area (Å²) >= 11 is 0. The lowest BCUT2D eigenvalue weighted by atomic mass is 10.1. The lowest BCUT2D eigenvalue weighted by Gasteiger charge is -2.15. The fourth-order valence-electron chi connectivity index (χ4n) is 2.20. The van der Waals surface area contributed by atoms with E-state index < -0.39 is 0 Å². The van der Waals surface area contributed by atoms with Gasteiger partial charge in [0.05, 0.1) is 6.10 Å². The van der Waals surface area contributed by atoms with Gasteiger partial charge in [0.15, 0.2) is 0 Å². The van der Waals surface area contributed by atoms with Gasteiger partial charge in [0, 0.05) is 6.04 Å². The van der Waals surface area contributed by atoms with E-state index in [1.165, 1.54) is 31.2 Å². The standard InChI is InChI=1S/C14H21NO/c1-11(15-2)12-7-9-14(10-8-12)16-13-5-3-4-6-13/h7-11,13,15H,3-6H2,1-2H3/t11-/m1/s1. The van der Waals surface area contributed by atoms with Crippen molar-refractivity contribution < 1.29 is 4.74 Å². The highest BCUT2D eigenvalue weighted by atomic mass is 16.5. The monoisotopic (exact) mass is 219 g/mol. The summed E-state index contributed by atoms with van der Waals surface area (Å²) in [4.78, 5) is 0. The van der Waals surface area contributed by atoms with Crippen molar-refractivity contribution in [3.8, 4) is 5.75 Å². The van der Waals surface area contributed by atoms with Crippen LogP contribution in [0.25, 0.3) is 0 Å². The average Bonchev–Trinajstić information content (AvgIpc) is 2.82. The Labute approximate surface area is 98.0 Å². The van der Waals surface area contributed by atoms with Gasteiger partial charge in [-0.2, -0.15) is 0 Å². The van der Waals surface area contributed by atoms with Gasteiger partial charge in [0.25, 0.3) is 0 Å². The van der Waals surface area contributed by atoms with Crippen LogP contribution in [-0.4, -0.2) is 13.2 Å². The predicted octanol–water partition coefficient (Wildman–Crippen LogP) is 3.29. The second kappa shape index (κ2) is 5.35. The second-order valence-corrected chi connectivity index (χ2v) is 4.60. The van der Waals surface area contributed by atoms with Gasteiger partial charge in [-0.15, -0.1) is 0 Å². The summed E-state index contributed by atoms with van der Waals surface area (Å²) in [5.41, 5.74) is 1.31. The van der Waals surface area contributed by atoms with E-state index in [-0.39, 0.29) is 0 Å². The topological polar surface area (TPSA) is 21.3 Å². The van der Waals surface area contributed by atoms with Crippen LogP contribution in [0.3, 0.4) is 0 Å². The van der Waals surface area contributed by atoms with E-state index in [4.69, 9.17) is 4.74 Å². The van der Waals surface area contributed by atoms with Crippen LogP contribution in [0, 0.1) is 0 Å². The molecule has 0 bridgehead atoms. The molecule has 0 spiro atoms. The normalized spacial score (nSPS) is 18.6. The number of hydrogen-bond acceptors (Lipinski definition) is 2. The first-order valence-electron chi connectivity index (χ1n) is 6.23. The highest BCUT2D eigenvalue weighted by molar-refractivity contribution is 5.29. The van der Waals surface area contributed by atoms with Gasteiger partial charge in [-0.1, -0.05) is 12.1 Å². The van der Waals surface area contributed by atoms with Gasteiger partial charge >= 0.3 is 0 Å². The Morgan fingerprint density at radius 3 is 2.38 bits per heavy atom. The van der Waals surface area contributed by atoms with Crippen molar-refractivity contribution in [2.24, 2.45) is 0 Å². The molecule has 1 fully saturated rings. The van der Waals surface area contributed by atoms with Crippen molar-refractivity contribution in [2.45, 2.75) is 44.8 Å². The molecule has 0 aromatic heterocycles. The van der Waals surface area contributed by atoms with E-state index in [9.17, 15) is 0 Å². The molecule has 16 heavy (non-hydrogen) atoms. The lowest BCUT2D eigenvalue weighted by Crippen LogP contribution is -2.13. The first kappa shape index (κ1) is 11.5. The first-order chi connectivity index (χ1) is 7.79. The maximum Gasteiger partial charge on any atom is 0.119 e. The molecule has 88 valence electrons. The molecular formula is C14H21NO. The van der Waals surface area contributed by atoms with Crippen molar-refractivity contribution in [1.29, 1.82) is 0 Å². The van der Waals surface area contributed by atoms with Crippen molar-refractivity contribution in [3.63, 3.8) is 0 Å². The van der Waals surface area contributed by atoms with Crippen LogP contribution in [0.5, 0.6) is 5.75 Å². The van der Waals surface area contributed by atoms with Gasteiger partial charge < -0.3 is 10.1 Å². The summed E-state index contributed by atoms with van der Waals surface area (Å²) in [7, 11) is 1.98. The van der Waals surface area contributed by atoms with Crippen LogP contribution in [0.2, 0.25) is 0 Å². The molecule has 1 aromatic rings. The molecule has 0 heterocycles. The molecular weight excluding hydrogens is 198 g/mol. The third-order valence-electron chi connectivity index (χ3n) is 3.42. The zero-order valence-corrected chi connectivity index (χ0v) is 10.2. The maximum absolute atomic E-state index is 5.92. The third-order valence-corrected chi connectivity index (χ3v) is 3.42. The lowest BCUT2D eigenvalue weighted by molar-refractivity contribution is 0.210. The van der Waals surface area contributed by atoms with Gasteiger partial charge in [-0.25, -0.2) is 0 Å². The van der Waals surface area contributed by atoms with Gasteiger partial charge in [0.2, 0.25) is 0 Å². The van der Waals surface area contributed by atoms with E-state index in [2.05, 4.69) is 36.5 Å². The molecule has 1 atom stereocenters. The number of rotatable bonds is 4. The Morgan fingerprint density at radius 1 is 1.19 bits per heavy atom. The Balaban J connectivity index is 1.96. The minimum absolute atomic E-state index is 0.403. The molecule has 1 N–H and O–H groups in total. The number of ether oxygens (including phenoxy) is 1. The summed E-state index contributed by atoms with van der Waals surface area (Å²) in [6.07, 6.45) is 5.52. The molecule has 0 radical (unpaired) electrons. The maximum atomic E-state index is 5.92. The molecule has 2 rings (SSSR count). The number of nitrogens with one attached hydrogen (secondary N) is 1. The van der Waals surface area contributed by atoms with Gasteiger partial charge in [-0.05, 0) is 57.4 Å². The molecule has 1 aliphatic carbocycles. The van der Waals surface area contributed by atoms with Crippen LogP contribution in [0.15, 0.2) is 24.3 Å². The van der Waals surface area contributed by atoms with Crippen LogP contribution in [-0.2, 0) is 0 Å². The van der Waals surface area contributed by atoms with E-state index in [0.717, 1.165) is 5.75 Å². The quantitative estimate of drug-likeness (QED) is 0.839. The summed E-state index contributed by atoms with van der Waals surface area (Å²) in [5.74, 6) is 1.01. The van der Waals surface area contributed by atoms with Crippen molar-refractivity contribution in [2.75, 3.05) is 7.05 Å². The first-order valence-corrected chi connectivity index (χ1v) is 6.23. The summed E-state index contributed by atoms with van der Waals surface area (Å²) < 4.78 is 5.92. The molecule has 2 nitrogen and oxygen atoms in total. The third kappa shape index (κ3) is 2.76. The minimum Gasteiger partial charge on any atom is -0.490 e. The average molecular weight is 219 g/mol. The molecule has 0 amide bonds. The number of hydrogen-bond donors (Lipinski definition) is 1. The van der Waals surface area contributed by atoms with Gasteiger partial charge in [-0.3, -0.25) is 0 Å². The SMILES string of the molecule is CN[C@H](C)c1ccc(OC2CCCC2)cc1. The van der Waals surface area contributed by atoms with Crippen molar-refractivity contribution in [1.82, 2.24) is 5.32 Å². The van der Waals surface area contributed by atoms with Crippen molar-refractivity contribution in [3.05, 3.63) is 29.8 Å². The Kier molecular flexibility index (Phi) is 3.83. The Hall–Kier alpha value is -1.02. The zero-order valence-electron chi connectivity index (χ0n) is 10.2. The van der Waals surface area contributed by atoms with Crippen LogP contribution < -0.4 is 10.1 Å². The van der Waals surface area contributed by atoms with Crippen LogP contribution in [0.4, 0.5) is 0 Å². The molecule has 1 aliphatic rings. The van der Waals surface area contributed by atoms with Gasteiger partial charge in [0.1, 0.15) is 5.75 Å². The molecule has 2 heteroatoms. The van der Waals surface area contributed by atoms with E-state index in [1.807, 2.05) is 7.05 Å². The number of benzene rings is 1. The molecule has 0 unspecified atom stereocenters. The van der Waals surface area contributed by atoms with Crippen LogP contribution >= 0.6 is 0 Å². The smallest absolute Gasteiger partial charge is 0.119 e. The highest BCUT2D eigenvalue weighted by Gasteiger charge is 2.16. The molecule has 0 saturated heterocycles. The van der Waals surface area contributed by atoms with E-state index in [0.29, 0.717) is 12.1 Å². The summed E-state index contributed by atoms with van der Waals surface area (Å²) in [6, 6.07) is 8.86. The minimum atomic E-state index is 0.403. The highest BCUT2D eigenvalue weighted by Crippen LogP contribution is 2.25. The van der Waals surface area contributed by atoms with Crippen molar-refractivity contribution >= 4 is 0 Å². The van der Waals surface area contributed by atoms with Crippen LogP contribution in [0.1, 0.15) is 44.2 Å². The summed E-state index contributed by atoms with van der Waals surface area (Å²) in [5, 5.41) is 3.23. The molecule has 0 aliphatic heterocycles. The largest absolute Gasteiger partial charge is 0.490 e. The Morgan fingerprint density at radius 2 is 1.81 bits per heavy atom. The fourth-order valence-corrected chi connectivity index (χ4v) is 2.20. The molecule has 1 saturated carbocycles. The zero-order chi connectivity index (χ0) is 11.4. The van der Waals surface area contributed by atoms with E-state index >= 15 is 0 Å². The fraction of sp³-hybridized carbons (Fsp3) is 0.571. The van der Waals surface area contributed by atoms with E-state index in [1.54, 1.807) is 0 Å². The second-order valence-electron chi connectivity index (χ2n) is 4.60. The summed E-state index contributed by atoms with van der Waals surface area (Å²) in [6.45, 7) is 2.16. The molecule has 1 aromatic carbocycles. The Bertz CT molecular complexity index is 314. The predicted molar refractivity (Wildman–Crippen MR) is 66.8 cm³/mol.